The number of rotatable bonds is 5. The fourth-order valence-corrected chi connectivity index (χ4v) is 3.84. The van der Waals surface area contributed by atoms with Gasteiger partial charge in [0.25, 0.3) is 0 Å². The molecule has 0 bridgehead atoms. The summed E-state index contributed by atoms with van der Waals surface area (Å²) in [6, 6.07) is 36.6. The van der Waals surface area contributed by atoms with Crippen LogP contribution in [0.4, 0.5) is 10.5 Å². The fourth-order valence-electron chi connectivity index (χ4n) is 3.84. The highest BCUT2D eigenvalue weighted by atomic mass is 16.2. The summed E-state index contributed by atoms with van der Waals surface area (Å²) >= 11 is 0. The minimum absolute atomic E-state index is 0.389. The molecule has 0 radical (unpaired) electrons. The molecule has 0 saturated carbocycles. The number of nitrogens with zero attached hydrogens (tertiary/aromatic N) is 5. The lowest BCUT2D eigenvalue weighted by Gasteiger charge is -2.26. The fraction of sp³-hybridized carbons (Fsp3) is 0.0714. The van der Waals surface area contributed by atoms with Crippen LogP contribution in [0.2, 0.25) is 0 Å². The molecule has 7 heteroatoms. The van der Waals surface area contributed by atoms with Gasteiger partial charge in [0, 0.05) is 18.8 Å². The predicted octanol–water partition coefficient (Wildman–Crippen LogP) is 5.57. The molecule has 0 spiro atoms. The van der Waals surface area contributed by atoms with Gasteiger partial charge in [-0.2, -0.15) is 9.67 Å². The molecule has 0 aliphatic heterocycles. The molecule has 1 heterocycles. The summed E-state index contributed by atoms with van der Waals surface area (Å²) in [5.41, 5.74) is 4.34. The van der Waals surface area contributed by atoms with Crippen molar-refractivity contribution >= 4 is 28.7 Å². The Morgan fingerprint density at radius 2 is 1.29 bits per heavy atom. The quantitative estimate of drug-likeness (QED) is 0.275. The van der Waals surface area contributed by atoms with Gasteiger partial charge in [-0.3, -0.25) is 0 Å². The van der Waals surface area contributed by atoms with Crippen LogP contribution in [-0.4, -0.2) is 31.9 Å². The van der Waals surface area contributed by atoms with Crippen LogP contribution in [-0.2, 0) is 13.1 Å². The molecule has 0 atom stereocenters. The highest BCUT2D eigenvalue weighted by molar-refractivity contribution is 6.01. The van der Waals surface area contributed by atoms with Crippen LogP contribution >= 0.6 is 0 Å². The Balaban J connectivity index is 1.59. The van der Waals surface area contributed by atoms with Crippen molar-refractivity contribution < 1.29 is 4.79 Å². The molecule has 4 aromatic carbocycles. The van der Waals surface area contributed by atoms with Crippen molar-refractivity contribution in [2.75, 3.05) is 5.32 Å². The number of urea groups is 1. The number of anilines is 1. The molecule has 172 valence electrons. The first-order chi connectivity index (χ1) is 17.3. The minimum Gasteiger partial charge on any atom is -0.332 e. The lowest BCUT2D eigenvalue weighted by atomic mass is 10.2. The predicted molar refractivity (Wildman–Crippen MR) is 138 cm³/mol. The number of hydrogen-bond donors (Lipinski definition) is 1. The average Bonchev–Trinajstić information content (AvgIpc) is 3.33. The number of fused-ring (bicyclic) bond motifs is 1. The summed E-state index contributed by atoms with van der Waals surface area (Å²) < 4.78 is 1.63. The van der Waals surface area contributed by atoms with Crippen molar-refractivity contribution in [2.45, 2.75) is 13.1 Å². The lowest BCUT2D eigenvalue weighted by Crippen LogP contribution is -2.37. The monoisotopic (exact) mass is 460 g/mol. The molecule has 0 fully saturated rings. The number of carbonyl (C=O) groups is 1. The maximum atomic E-state index is 13.1. The van der Waals surface area contributed by atoms with Crippen LogP contribution in [0.25, 0.3) is 11.0 Å². The molecule has 2 amide bonds. The zero-order valence-corrected chi connectivity index (χ0v) is 19.0. The van der Waals surface area contributed by atoms with E-state index >= 15 is 0 Å². The van der Waals surface area contributed by atoms with Crippen LogP contribution in [0.5, 0.6) is 0 Å². The SMILES string of the molecule is O=C(/N=C(/N(Cc1ccccc1)Cc1ccccc1)n1nnc2ccccc21)Nc1ccccc1. The highest BCUT2D eigenvalue weighted by Crippen LogP contribution is 2.17. The van der Waals surface area contributed by atoms with Crippen LogP contribution in [0.3, 0.4) is 0 Å². The van der Waals surface area contributed by atoms with Crippen molar-refractivity contribution in [3.05, 3.63) is 126 Å². The molecule has 0 saturated heterocycles. The Morgan fingerprint density at radius 1 is 0.743 bits per heavy atom. The van der Waals surface area contributed by atoms with Gasteiger partial charge in [0.1, 0.15) is 5.52 Å². The van der Waals surface area contributed by atoms with Gasteiger partial charge in [0.05, 0.1) is 5.52 Å². The van der Waals surface area contributed by atoms with E-state index in [0.29, 0.717) is 24.7 Å². The molecule has 5 rings (SSSR count). The number of aliphatic imine (C=N–C) groups is 1. The zero-order chi connectivity index (χ0) is 23.9. The smallest absolute Gasteiger partial charge is 0.332 e. The Hall–Kier alpha value is -4.78. The first-order valence-corrected chi connectivity index (χ1v) is 11.3. The molecule has 0 aliphatic rings. The van der Waals surface area contributed by atoms with E-state index in [2.05, 4.69) is 44.9 Å². The Labute approximate surface area is 203 Å². The van der Waals surface area contributed by atoms with E-state index in [1.54, 1.807) is 4.68 Å². The second kappa shape index (κ2) is 10.4. The number of benzene rings is 4. The van der Waals surface area contributed by atoms with Gasteiger partial charge in [-0.1, -0.05) is 96.2 Å². The molecule has 0 unspecified atom stereocenters. The van der Waals surface area contributed by atoms with E-state index in [4.69, 9.17) is 0 Å². The molecule has 0 aliphatic carbocycles. The second-order valence-corrected chi connectivity index (χ2v) is 8.03. The summed E-state index contributed by atoms with van der Waals surface area (Å²) in [4.78, 5) is 19.6. The van der Waals surface area contributed by atoms with Gasteiger partial charge in [-0.05, 0) is 35.4 Å². The van der Waals surface area contributed by atoms with Gasteiger partial charge in [-0.15, -0.1) is 5.10 Å². The highest BCUT2D eigenvalue weighted by Gasteiger charge is 2.20. The largest absolute Gasteiger partial charge is 0.348 e. The topological polar surface area (TPSA) is 75.4 Å². The second-order valence-electron chi connectivity index (χ2n) is 8.03. The van der Waals surface area contributed by atoms with Crippen LogP contribution < -0.4 is 5.32 Å². The third-order valence-corrected chi connectivity index (χ3v) is 5.48. The van der Waals surface area contributed by atoms with E-state index in [-0.39, 0.29) is 0 Å². The molecule has 5 aromatic rings. The van der Waals surface area contributed by atoms with Crippen LogP contribution in [0.15, 0.2) is 120 Å². The maximum absolute atomic E-state index is 13.1. The summed E-state index contributed by atoms with van der Waals surface area (Å²) in [7, 11) is 0. The lowest BCUT2D eigenvalue weighted by molar-refractivity contribution is 0.258. The van der Waals surface area contributed by atoms with Gasteiger partial charge in [-0.25, -0.2) is 4.79 Å². The molecule has 1 aromatic heterocycles. The Kier molecular flexibility index (Phi) is 6.57. The molecule has 1 N–H and O–H groups in total. The summed E-state index contributed by atoms with van der Waals surface area (Å²) in [5, 5.41) is 11.5. The van der Waals surface area contributed by atoms with E-state index < -0.39 is 6.03 Å². The van der Waals surface area contributed by atoms with Crippen molar-refractivity contribution in [2.24, 2.45) is 4.99 Å². The Morgan fingerprint density at radius 3 is 1.91 bits per heavy atom. The standard InChI is InChI=1S/C28H24N6O/c35-27(29-24-16-8-3-9-17-24)30-28(34-26-19-11-10-18-25(26)31-32-34)33(20-22-12-4-1-5-13-22)21-23-14-6-2-7-15-23/h1-19H,20-21H2,(H,29,35)/b30-28-. The van der Waals surface area contributed by atoms with Gasteiger partial charge < -0.3 is 10.2 Å². The van der Waals surface area contributed by atoms with Crippen molar-refractivity contribution in [1.82, 2.24) is 19.9 Å². The van der Waals surface area contributed by atoms with Gasteiger partial charge in [0.2, 0.25) is 5.96 Å². The average molecular weight is 461 g/mol. The van der Waals surface area contributed by atoms with Gasteiger partial charge >= 0.3 is 6.03 Å². The third-order valence-electron chi connectivity index (χ3n) is 5.48. The number of nitrogens with one attached hydrogen (secondary N) is 1. The van der Waals surface area contributed by atoms with Gasteiger partial charge in [0.15, 0.2) is 0 Å². The first kappa shape index (κ1) is 22.0. The molecular weight excluding hydrogens is 436 g/mol. The van der Waals surface area contributed by atoms with Crippen molar-refractivity contribution in [3.63, 3.8) is 0 Å². The summed E-state index contributed by atoms with van der Waals surface area (Å²) in [6.07, 6.45) is 0. The van der Waals surface area contributed by atoms with Crippen LogP contribution in [0, 0.1) is 0 Å². The summed E-state index contributed by atoms with van der Waals surface area (Å²) in [6.45, 7) is 1.06. The Bertz CT molecular complexity index is 1390. The first-order valence-electron chi connectivity index (χ1n) is 11.3. The molecule has 35 heavy (non-hydrogen) atoms. The molecular formula is C28H24N6O. The number of amides is 2. The van der Waals surface area contributed by atoms with E-state index in [9.17, 15) is 4.79 Å². The number of hydrogen-bond acceptors (Lipinski definition) is 3. The van der Waals surface area contributed by atoms with E-state index in [0.717, 1.165) is 22.2 Å². The minimum atomic E-state index is -0.489. The number of aromatic nitrogens is 3. The van der Waals surface area contributed by atoms with Crippen molar-refractivity contribution in [1.29, 1.82) is 0 Å². The van der Waals surface area contributed by atoms with E-state index in [1.165, 1.54) is 0 Å². The van der Waals surface area contributed by atoms with Crippen LogP contribution in [0.1, 0.15) is 11.1 Å². The maximum Gasteiger partial charge on any atom is 0.348 e. The number of carbonyl (C=O) groups excluding carboxylic acids is 1. The summed E-state index contributed by atoms with van der Waals surface area (Å²) in [5.74, 6) is 0.389. The van der Waals surface area contributed by atoms with Crippen molar-refractivity contribution in [3.8, 4) is 0 Å². The zero-order valence-electron chi connectivity index (χ0n) is 19.0. The number of para-hydroxylation sites is 2. The molecule has 7 nitrogen and oxygen atoms in total. The third kappa shape index (κ3) is 5.42. The van der Waals surface area contributed by atoms with E-state index in [1.807, 2.05) is 95.9 Å². The normalized spacial score (nSPS) is 11.4.